The third-order valence-corrected chi connectivity index (χ3v) is 3.82. The Labute approximate surface area is 124 Å². The maximum absolute atomic E-state index is 8.61. The van der Waals surface area contributed by atoms with Crippen molar-refractivity contribution in [2.45, 2.75) is 13.0 Å². The van der Waals surface area contributed by atoms with E-state index in [0.29, 0.717) is 13.0 Å². The lowest BCUT2D eigenvalue weighted by molar-refractivity contribution is 0.234. The molecule has 20 heavy (non-hydrogen) atoms. The molecule has 0 saturated heterocycles. The maximum Gasteiger partial charge on any atom is 0.119 e. The summed E-state index contributed by atoms with van der Waals surface area (Å²) >= 11 is 1.78. The molecule has 0 fully saturated rings. The van der Waals surface area contributed by atoms with E-state index in [9.17, 15) is 0 Å². The Morgan fingerprint density at radius 2 is 2.05 bits per heavy atom. The standard InChI is InChI=1S/C16H18N2OS/c1-18(13-16-3-2-12-20-16)10-11-19-15-6-4-14(5-7-15)8-9-17/h2-7,12H,8,10-11,13H2,1H3. The van der Waals surface area contributed by atoms with Crippen LogP contribution in [0.2, 0.25) is 0 Å². The van der Waals surface area contributed by atoms with Crippen LogP contribution in [0.1, 0.15) is 10.4 Å². The van der Waals surface area contributed by atoms with Crippen LogP contribution in [0.5, 0.6) is 5.75 Å². The van der Waals surface area contributed by atoms with Crippen LogP contribution in [0.3, 0.4) is 0 Å². The molecular weight excluding hydrogens is 268 g/mol. The lowest BCUT2D eigenvalue weighted by Crippen LogP contribution is -2.23. The van der Waals surface area contributed by atoms with Gasteiger partial charge in [0.15, 0.2) is 0 Å². The van der Waals surface area contributed by atoms with Gasteiger partial charge in [0, 0.05) is 18.0 Å². The minimum absolute atomic E-state index is 0.448. The van der Waals surface area contributed by atoms with Gasteiger partial charge in [-0.05, 0) is 36.2 Å². The summed E-state index contributed by atoms with van der Waals surface area (Å²) in [6.07, 6.45) is 0.448. The first-order chi connectivity index (χ1) is 9.78. The first-order valence-corrected chi connectivity index (χ1v) is 7.45. The lowest BCUT2D eigenvalue weighted by Gasteiger charge is -2.16. The van der Waals surface area contributed by atoms with E-state index < -0.39 is 0 Å². The number of ether oxygens (including phenoxy) is 1. The van der Waals surface area contributed by atoms with Crippen molar-refractivity contribution in [1.29, 1.82) is 5.26 Å². The smallest absolute Gasteiger partial charge is 0.119 e. The second-order valence-corrected chi connectivity index (χ2v) is 5.68. The fraction of sp³-hybridized carbons (Fsp3) is 0.312. The SMILES string of the molecule is CN(CCOc1ccc(CC#N)cc1)Cc1cccs1. The van der Waals surface area contributed by atoms with Gasteiger partial charge in [-0.2, -0.15) is 5.26 Å². The van der Waals surface area contributed by atoms with Crippen LogP contribution in [0, 0.1) is 11.3 Å². The zero-order valence-corrected chi connectivity index (χ0v) is 12.4. The second kappa shape index (κ2) is 7.68. The van der Waals surface area contributed by atoms with Crippen LogP contribution in [-0.2, 0) is 13.0 Å². The number of rotatable bonds is 7. The summed E-state index contributed by atoms with van der Waals surface area (Å²) < 4.78 is 5.71. The zero-order valence-electron chi connectivity index (χ0n) is 11.6. The molecule has 1 aromatic heterocycles. The minimum atomic E-state index is 0.448. The Morgan fingerprint density at radius 3 is 2.70 bits per heavy atom. The highest BCUT2D eigenvalue weighted by Gasteiger charge is 2.02. The minimum Gasteiger partial charge on any atom is -0.492 e. The largest absolute Gasteiger partial charge is 0.492 e. The monoisotopic (exact) mass is 286 g/mol. The van der Waals surface area contributed by atoms with Gasteiger partial charge >= 0.3 is 0 Å². The summed E-state index contributed by atoms with van der Waals surface area (Å²) in [6, 6.07) is 14.1. The molecule has 0 N–H and O–H groups in total. The topological polar surface area (TPSA) is 36.3 Å². The molecule has 1 aromatic carbocycles. The molecule has 0 bridgehead atoms. The van der Waals surface area contributed by atoms with Gasteiger partial charge in [-0.15, -0.1) is 11.3 Å². The molecule has 0 radical (unpaired) electrons. The van der Waals surface area contributed by atoms with Crippen molar-refractivity contribution < 1.29 is 4.74 Å². The predicted octanol–water partition coefficient (Wildman–Crippen LogP) is 3.32. The van der Waals surface area contributed by atoms with Crippen LogP contribution < -0.4 is 4.74 Å². The lowest BCUT2D eigenvalue weighted by atomic mass is 10.2. The molecule has 0 saturated carbocycles. The van der Waals surface area contributed by atoms with E-state index in [1.165, 1.54) is 4.88 Å². The van der Waals surface area contributed by atoms with E-state index in [2.05, 4.69) is 35.5 Å². The quantitative estimate of drug-likeness (QED) is 0.783. The van der Waals surface area contributed by atoms with E-state index in [0.717, 1.165) is 24.4 Å². The van der Waals surface area contributed by atoms with Gasteiger partial charge in [-0.25, -0.2) is 0 Å². The normalized spacial score (nSPS) is 10.4. The van der Waals surface area contributed by atoms with Crippen LogP contribution in [0.25, 0.3) is 0 Å². The fourth-order valence-corrected chi connectivity index (χ4v) is 2.65. The highest BCUT2D eigenvalue weighted by atomic mass is 32.1. The van der Waals surface area contributed by atoms with Gasteiger partial charge in [0.25, 0.3) is 0 Å². The van der Waals surface area contributed by atoms with Gasteiger partial charge < -0.3 is 4.74 Å². The molecule has 0 aliphatic carbocycles. The van der Waals surface area contributed by atoms with Crippen LogP contribution in [0.4, 0.5) is 0 Å². The molecule has 2 rings (SSSR count). The summed E-state index contributed by atoms with van der Waals surface area (Å²) in [7, 11) is 2.10. The van der Waals surface area contributed by atoms with E-state index >= 15 is 0 Å². The van der Waals surface area contributed by atoms with Crippen molar-refractivity contribution in [1.82, 2.24) is 4.90 Å². The highest BCUT2D eigenvalue weighted by Crippen LogP contribution is 2.13. The number of hydrogen-bond acceptors (Lipinski definition) is 4. The van der Waals surface area contributed by atoms with Gasteiger partial charge in [-0.1, -0.05) is 18.2 Å². The van der Waals surface area contributed by atoms with Crippen LogP contribution >= 0.6 is 11.3 Å². The molecular formula is C16H18N2OS. The Bertz CT molecular complexity index is 543. The first-order valence-electron chi connectivity index (χ1n) is 6.57. The Morgan fingerprint density at radius 1 is 1.25 bits per heavy atom. The van der Waals surface area contributed by atoms with Crippen molar-refractivity contribution in [2.75, 3.05) is 20.2 Å². The Kier molecular flexibility index (Phi) is 5.60. The number of nitriles is 1. The second-order valence-electron chi connectivity index (χ2n) is 4.64. The van der Waals surface area contributed by atoms with Crippen molar-refractivity contribution in [3.05, 3.63) is 52.2 Å². The van der Waals surface area contributed by atoms with Crippen LogP contribution in [-0.4, -0.2) is 25.1 Å². The van der Waals surface area contributed by atoms with E-state index in [1.54, 1.807) is 11.3 Å². The molecule has 1 heterocycles. The summed E-state index contributed by atoms with van der Waals surface area (Å²) in [6.45, 7) is 2.51. The highest BCUT2D eigenvalue weighted by molar-refractivity contribution is 7.09. The summed E-state index contributed by atoms with van der Waals surface area (Å²) in [5.41, 5.74) is 1.02. The van der Waals surface area contributed by atoms with Gasteiger partial charge in [0.05, 0.1) is 12.5 Å². The van der Waals surface area contributed by atoms with E-state index in [1.807, 2.05) is 24.3 Å². The summed E-state index contributed by atoms with van der Waals surface area (Å²) in [4.78, 5) is 3.61. The molecule has 0 unspecified atom stereocenters. The molecule has 2 aromatic rings. The van der Waals surface area contributed by atoms with Crippen molar-refractivity contribution in [3.8, 4) is 11.8 Å². The van der Waals surface area contributed by atoms with Gasteiger partial charge in [0.1, 0.15) is 12.4 Å². The molecule has 0 spiro atoms. The van der Waals surface area contributed by atoms with Crippen molar-refractivity contribution >= 4 is 11.3 Å². The molecule has 104 valence electrons. The van der Waals surface area contributed by atoms with Gasteiger partial charge in [0.2, 0.25) is 0 Å². The van der Waals surface area contributed by atoms with Crippen molar-refractivity contribution in [2.24, 2.45) is 0 Å². The molecule has 0 amide bonds. The number of hydrogen-bond donors (Lipinski definition) is 0. The van der Waals surface area contributed by atoms with E-state index in [-0.39, 0.29) is 0 Å². The van der Waals surface area contributed by atoms with Gasteiger partial charge in [-0.3, -0.25) is 4.90 Å². The Hall–Kier alpha value is -1.83. The summed E-state index contributed by atoms with van der Waals surface area (Å²) in [5.74, 6) is 0.858. The first kappa shape index (κ1) is 14.6. The molecule has 3 nitrogen and oxygen atoms in total. The average molecular weight is 286 g/mol. The number of nitrogens with zero attached hydrogens (tertiary/aromatic N) is 2. The van der Waals surface area contributed by atoms with E-state index in [4.69, 9.17) is 10.00 Å². The predicted molar refractivity (Wildman–Crippen MR) is 81.9 cm³/mol. The number of likely N-dealkylation sites (N-methyl/N-ethyl adjacent to an activating group) is 1. The summed E-state index contributed by atoms with van der Waals surface area (Å²) in [5, 5.41) is 10.7. The Balaban J connectivity index is 1.71. The third-order valence-electron chi connectivity index (χ3n) is 2.95. The molecule has 0 aliphatic heterocycles. The number of thiophene rings is 1. The number of benzene rings is 1. The molecule has 4 heteroatoms. The fourth-order valence-electron chi connectivity index (χ4n) is 1.86. The molecule has 0 atom stereocenters. The third kappa shape index (κ3) is 4.69. The molecule has 0 aliphatic rings. The zero-order chi connectivity index (χ0) is 14.2. The van der Waals surface area contributed by atoms with Crippen molar-refractivity contribution in [3.63, 3.8) is 0 Å². The van der Waals surface area contributed by atoms with Crippen LogP contribution in [0.15, 0.2) is 41.8 Å². The average Bonchev–Trinajstić information content (AvgIpc) is 2.94. The maximum atomic E-state index is 8.61.